The molecule has 1 fully saturated rings. The lowest BCUT2D eigenvalue weighted by Gasteiger charge is -2.44. The van der Waals surface area contributed by atoms with Gasteiger partial charge >= 0.3 is 0 Å². The average molecular weight is 249 g/mol. The zero-order valence-electron chi connectivity index (χ0n) is 10.7. The van der Waals surface area contributed by atoms with Crippen molar-refractivity contribution in [3.8, 4) is 0 Å². The largest absolute Gasteiger partial charge is 0.318 e. The van der Waals surface area contributed by atoms with Crippen molar-refractivity contribution in [3.63, 3.8) is 0 Å². The molecular formula is C10H23N3O2S. The van der Waals surface area contributed by atoms with Crippen LogP contribution >= 0.6 is 0 Å². The minimum Gasteiger partial charge on any atom is -0.318 e. The van der Waals surface area contributed by atoms with E-state index >= 15 is 0 Å². The second kappa shape index (κ2) is 5.00. The molecule has 0 aliphatic carbocycles. The van der Waals surface area contributed by atoms with Gasteiger partial charge in [-0.3, -0.25) is 0 Å². The van der Waals surface area contributed by atoms with E-state index in [2.05, 4.69) is 5.32 Å². The van der Waals surface area contributed by atoms with Gasteiger partial charge in [-0.05, 0) is 26.8 Å². The molecule has 96 valence electrons. The van der Waals surface area contributed by atoms with Gasteiger partial charge in [0.05, 0.1) is 0 Å². The van der Waals surface area contributed by atoms with Gasteiger partial charge < -0.3 is 5.32 Å². The molecule has 1 unspecified atom stereocenters. The first-order valence-corrected chi connectivity index (χ1v) is 7.09. The molecule has 0 aromatic carbocycles. The van der Waals surface area contributed by atoms with Crippen molar-refractivity contribution in [1.29, 1.82) is 0 Å². The van der Waals surface area contributed by atoms with Crippen molar-refractivity contribution in [2.45, 2.75) is 31.7 Å². The Balaban J connectivity index is 2.99. The molecule has 1 saturated heterocycles. The number of rotatable bonds is 4. The number of piperidine rings is 1. The number of hydrogen-bond acceptors (Lipinski definition) is 3. The molecule has 6 heteroatoms. The molecule has 16 heavy (non-hydrogen) atoms. The first kappa shape index (κ1) is 13.9. The maximum absolute atomic E-state index is 12.2. The van der Waals surface area contributed by atoms with Gasteiger partial charge in [0.2, 0.25) is 0 Å². The molecule has 0 bridgehead atoms. The van der Waals surface area contributed by atoms with Crippen LogP contribution in [0.25, 0.3) is 0 Å². The lowest BCUT2D eigenvalue weighted by Crippen LogP contribution is -2.59. The van der Waals surface area contributed by atoms with E-state index in [-0.39, 0.29) is 5.54 Å². The Kier molecular flexibility index (Phi) is 4.34. The Labute approximate surface area is 99.0 Å². The average Bonchev–Trinajstić information content (AvgIpc) is 2.17. The fourth-order valence-electron chi connectivity index (χ4n) is 2.30. The van der Waals surface area contributed by atoms with Crippen molar-refractivity contribution < 1.29 is 8.42 Å². The monoisotopic (exact) mass is 249 g/mol. The molecule has 1 N–H and O–H groups in total. The Morgan fingerprint density at radius 1 is 1.38 bits per heavy atom. The van der Waals surface area contributed by atoms with Crippen molar-refractivity contribution >= 4 is 10.2 Å². The van der Waals surface area contributed by atoms with Crippen molar-refractivity contribution in [2.24, 2.45) is 0 Å². The minimum atomic E-state index is -3.30. The molecular weight excluding hydrogens is 226 g/mol. The van der Waals surface area contributed by atoms with Crippen LogP contribution in [0.4, 0.5) is 0 Å². The van der Waals surface area contributed by atoms with Gasteiger partial charge in [0.15, 0.2) is 0 Å². The zero-order valence-corrected chi connectivity index (χ0v) is 11.5. The molecule has 1 aliphatic rings. The first-order valence-electron chi connectivity index (χ1n) is 5.69. The maximum Gasteiger partial charge on any atom is 0.282 e. The maximum atomic E-state index is 12.2. The SMILES string of the molecule is CNCC1(C)CCCCN1S(=O)(=O)N(C)C. The molecule has 1 aliphatic heterocycles. The van der Waals surface area contributed by atoms with E-state index in [1.54, 1.807) is 18.4 Å². The third-order valence-corrected chi connectivity index (χ3v) is 5.33. The van der Waals surface area contributed by atoms with Crippen molar-refractivity contribution in [2.75, 3.05) is 34.2 Å². The Morgan fingerprint density at radius 3 is 2.50 bits per heavy atom. The highest BCUT2D eigenvalue weighted by Gasteiger charge is 2.41. The van der Waals surface area contributed by atoms with E-state index in [0.29, 0.717) is 13.1 Å². The number of hydrogen-bond donors (Lipinski definition) is 1. The summed E-state index contributed by atoms with van der Waals surface area (Å²) in [5, 5.41) is 3.09. The van der Waals surface area contributed by atoms with Crippen LogP contribution in [0.2, 0.25) is 0 Å². The highest BCUT2D eigenvalue weighted by Crippen LogP contribution is 2.30. The Bertz CT molecular complexity index is 325. The predicted molar refractivity (Wildman–Crippen MR) is 65.5 cm³/mol. The van der Waals surface area contributed by atoms with Gasteiger partial charge in [-0.2, -0.15) is 17.0 Å². The van der Waals surface area contributed by atoms with Crippen LogP contribution in [0.1, 0.15) is 26.2 Å². The van der Waals surface area contributed by atoms with E-state index in [9.17, 15) is 8.42 Å². The zero-order chi connectivity index (χ0) is 12.4. The summed E-state index contributed by atoms with van der Waals surface area (Å²) in [7, 11) is 1.73. The van der Waals surface area contributed by atoms with Crippen LogP contribution in [0.3, 0.4) is 0 Å². The standard InChI is InChI=1S/C10H23N3O2S/c1-10(9-11-2)7-5-6-8-13(10)16(14,15)12(3)4/h11H,5-9H2,1-4H3. The molecule has 0 radical (unpaired) electrons. The second-order valence-corrected chi connectivity index (χ2v) is 6.91. The lowest BCUT2D eigenvalue weighted by molar-refractivity contribution is 0.142. The summed E-state index contributed by atoms with van der Waals surface area (Å²) in [6.07, 6.45) is 2.96. The van der Waals surface area contributed by atoms with Gasteiger partial charge in [-0.1, -0.05) is 6.42 Å². The van der Waals surface area contributed by atoms with Gasteiger partial charge in [-0.15, -0.1) is 0 Å². The van der Waals surface area contributed by atoms with Crippen LogP contribution in [-0.2, 0) is 10.2 Å². The number of likely N-dealkylation sites (N-methyl/N-ethyl adjacent to an activating group) is 1. The summed E-state index contributed by atoms with van der Waals surface area (Å²) in [6, 6.07) is 0. The van der Waals surface area contributed by atoms with Crippen LogP contribution < -0.4 is 5.32 Å². The highest BCUT2D eigenvalue weighted by atomic mass is 32.2. The highest BCUT2D eigenvalue weighted by molar-refractivity contribution is 7.86. The second-order valence-electron chi connectivity index (χ2n) is 4.85. The van der Waals surface area contributed by atoms with E-state index in [1.807, 2.05) is 14.0 Å². The third kappa shape index (κ3) is 2.56. The lowest BCUT2D eigenvalue weighted by atomic mass is 9.91. The van der Waals surface area contributed by atoms with E-state index in [0.717, 1.165) is 19.3 Å². The fourth-order valence-corrected chi connectivity index (χ4v) is 3.77. The minimum absolute atomic E-state index is 0.296. The van der Waals surface area contributed by atoms with Crippen LogP contribution in [0.5, 0.6) is 0 Å². The van der Waals surface area contributed by atoms with Crippen LogP contribution in [-0.4, -0.2) is 56.8 Å². The predicted octanol–water partition coefficient (Wildman–Crippen LogP) is 0.257. The van der Waals surface area contributed by atoms with Crippen molar-refractivity contribution in [1.82, 2.24) is 13.9 Å². The molecule has 0 amide bonds. The summed E-state index contributed by atoms with van der Waals surface area (Å²) in [4.78, 5) is 0. The van der Waals surface area contributed by atoms with Crippen LogP contribution in [0, 0.1) is 0 Å². The third-order valence-electron chi connectivity index (χ3n) is 3.23. The van der Waals surface area contributed by atoms with E-state index in [1.165, 1.54) is 4.31 Å². The summed E-state index contributed by atoms with van der Waals surface area (Å²) >= 11 is 0. The smallest absolute Gasteiger partial charge is 0.282 e. The van der Waals surface area contributed by atoms with Crippen molar-refractivity contribution in [3.05, 3.63) is 0 Å². The number of nitrogens with zero attached hydrogens (tertiary/aromatic N) is 2. The van der Waals surface area contributed by atoms with Crippen LogP contribution in [0.15, 0.2) is 0 Å². The molecule has 0 saturated carbocycles. The van der Waals surface area contributed by atoms with E-state index < -0.39 is 10.2 Å². The van der Waals surface area contributed by atoms with E-state index in [4.69, 9.17) is 0 Å². The molecule has 0 aromatic rings. The van der Waals surface area contributed by atoms with Gasteiger partial charge in [0.25, 0.3) is 10.2 Å². The summed E-state index contributed by atoms with van der Waals surface area (Å²) in [5.74, 6) is 0. The Hall–Kier alpha value is -0.170. The normalized spacial score (nSPS) is 28.6. The topological polar surface area (TPSA) is 52.7 Å². The van der Waals surface area contributed by atoms with Gasteiger partial charge in [0.1, 0.15) is 0 Å². The molecule has 0 aromatic heterocycles. The molecule has 0 spiro atoms. The quantitative estimate of drug-likeness (QED) is 0.777. The fraction of sp³-hybridized carbons (Fsp3) is 1.00. The molecule has 1 rings (SSSR count). The van der Waals surface area contributed by atoms with Gasteiger partial charge in [0, 0.05) is 32.7 Å². The number of nitrogens with one attached hydrogen (secondary N) is 1. The summed E-state index contributed by atoms with van der Waals surface area (Å²) < 4.78 is 27.3. The Morgan fingerprint density at radius 2 is 2.00 bits per heavy atom. The molecule has 5 nitrogen and oxygen atoms in total. The summed E-state index contributed by atoms with van der Waals surface area (Å²) in [5.41, 5.74) is -0.296. The van der Waals surface area contributed by atoms with Gasteiger partial charge in [-0.25, -0.2) is 0 Å². The molecule has 1 heterocycles. The summed E-state index contributed by atoms with van der Waals surface area (Å²) in [6.45, 7) is 3.34. The first-order chi connectivity index (χ1) is 7.34. The molecule has 1 atom stereocenters.